The summed E-state index contributed by atoms with van der Waals surface area (Å²) in [6.07, 6.45) is 2.87. The Bertz CT molecular complexity index is 858. The van der Waals surface area contributed by atoms with Gasteiger partial charge in [0.2, 0.25) is 0 Å². The van der Waals surface area contributed by atoms with Gasteiger partial charge in [0, 0.05) is 21.5 Å². The number of nitrogens with one attached hydrogen (secondary N) is 1. The molecule has 3 rings (SSSR count). The fourth-order valence-electron chi connectivity index (χ4n) is 3.09. The van der Waals surface area contributed by atoms with Crippen molar-refractivity contribution in [1.82, 2.24) is 4.98 Å². The first-order valence-corrected chi connectivity index (χ1v) is 8.74. The van der Waals surface area contributed by atoms with Crippen LogP contribution in [0.2, 0.25) is 10.0 Å². The van der Waals surface area contributed by atoms with Crippen LogP contribution >= 0.6 is 23.2 Å². The van der Waals surface area contributed by atoms with E-state index in [-0.39, 0.29) is 0 Å². The molecule has 0 amide bonds. The predicted octanol–water partition coefficient (Wildman–Crippen LogP) is 5.43. The van der Waals surface area contributed by atoms with Crippen molar-refractivity contribution in [2.45, 2.75) is 19.3 Å². The Kier molecular flexibility index (Phi) is 5.34. The minimum atomic E-state index is 0.619. The third-order valence-electron chi connectivity index (χ3n) is 4.18. The predicted molar refractivity (Wildman–Crippen MR) is 102 cm³/mol. The molecular weight excluding hydrogens is 343 g/mol. The summed E-state index contributed by atoms with van der Waals surface area (Å²) in [7, 11) is 1.68. The van der Waals surface area contributed by atoms with Gasteiger partial charge in [-0.1, -0.05) is 35.3 Å². The molecule has 0 atom stereocenters. The zero-order valence-corrected chi connectivity index (χ0v) is 15.0. The summed E-state index contributed by atoms with van der Waals surface area (Å²) >= 11 is 12.7. The van der Waals surface area contributed by atoms with E-state index >= 15 is 0 Å². The van der Waals surface area contributed by atoms with Crippen molar-refractivity contribution < 1.29 is 4.74 Å². The third-order valence-corrected chi connectivity index (χ3v) is 4.69. The van der Waals surface area contributed by atoms with Crippen molar-refractivity contribution in [1.29, 1.82) is 0 Å². The minimum Gasteiger partial charge on any atom is -0.496 e. The second-order valence-electron chi connectivity index (χ2n) is 5.73. The highest BCUT2D eigenvalue weighted by Gasteiger charge is 2.18. The molecule has 24 heavy (non-hydrogen) atoms. The van der Waals surface area contributed by atoms with Gasteiger partial charge in [-0.2, -0.15) is 0 Å². The normalized spacial score (nSPS) is 11.2. The summed E-state index contributed by atoms with van der Waals surface area (Å²) in [4.78, 5) is 3.48. The fourth-order valence-corrected chi connectivity index (χ4v) is 3.70. The average molecular weight is 363 g/mol. The lowest BCUT2D eigenvalue weighted by molar-refractivity contribution is 0.416. The summed E-state index contributed by atoms with van der Waals surface area (Å²) < 4.78 is 5.53. The zero-order chi connectivity index (χ0) is 17.1. The van der Waals surface area contributed by atoms with Crippen LogP contribution in [0.15, 0.2) is 36.4 Å². The summed E-state index contributed by atoms with van der Waals surface area (Å²) in [6, 6.07) is 11.7. The smallest absolute Gasteiger partial charge is 0.128 e. The molecule has 1 aromatic heterocycles. The Morgan fingerprint density at radius 2 is 1.92 bits per heavy atom. The monoisotopic (exact) mass is 362 g/mol. The number of ether oxygens (including phenoxy) is 1. The molecule has 5 heteroatoms. The molecule has 2 aromatic carbocycles. The molecule has 3 aromatic rings. The van der Waals surface area contributed by atoms with Crippen molar-refractivity contribution in [2.24, 2.45) is 5.73 Å². The van der Waals surface area contributed by atoms with Crippen LogP contribution in [-0.4, -0.2) is 18.6 Å². The average Bonchev–Trinajstić information content (AvgIpc) is 2.93. The van der Waals surface area contributed by atoms with Gasteiger partial charge in [0.15, 0.2) is 0 Å². The van der Waals surface area contributed by atoms with Gasteiger partial charge >= 0.3 is 0 Å². The molecule has 0 fully saturated rings. The second-order valence-corrected chi connectivity index (χ2v) is 6.58. The first kappa shape index (κ1) is 17.2. The third kappa shape index (κ3) is 3.25. The number of hydrogen-bond donors (Lipinski definition) is 2. The number of unbranched alkanes of at least 4 members (excludes halogenated alkanes) is 1. The van der Waals surface area contributed by atoms with Crippen molar-refractivity contribution in [3.05, 3.63) is 52.0 Å². The van der Waals surface area contributed by atoms with Crippen LogP contribution < -0.4 is 10.5 Å². The molecule has 0 aliphatic rings. The van der Waals surface area contributed by atoms with E-state index in [1.165, 1.54) is 5.56 Å². The van der Waals surface area contributed by atoms with Gasteiger partial charge in [-0.05, 0) is 55.6 Å². The van der Waals surface area contributed by atoms with Gasteiger partial charge in [0.1, 0.15) is 5.75 Å². The van der Waals surface area contributed by atoms with E-state index in [1.807, 2.05) is 30.3 Å². The number of para-hydroxylation sites is 1. The molecule has 0 saturated heterocycles. The standard InChI is InChI=1S/C19H20Cl2N2O/c1-24-17-8-3-2-6-13(17)19-14(7-4-5-9-22)18-15(21)10-12(20)11-16(18)23-19/h2-3,6,8,10-11,23H,4-5,7,9,22H2,1H3. The van der Waals surface area contributed by atoms with Gasteiger partial charge in [-0.3, -0.25) is 0 Å². The Morgan fingerprint density at radius 1 is 1.12 bits per heavy atom. The Labute approximate surface area is 151 Å². The molecule has 0 radical (unpaired) electrons. The zero-order valence-electron chi connectivity index (χ0n) is 13.5. The molecule has 0 spiro atoms. The first-order chi connectivity index (χ1) is 11.7. The van der Waals surface area contributed by atoms with Crippen LogP contribution in [0.4, 0.5) is 0 Å². The second kappa shape index (κ2) is 7.47. The Morgan fingerprint density at radius 3 is 2.67 bits per heavy atom. The molecule has 126 valence electrons. The summed E-state index contributed by atoms with van der Waals surface area (Å²) in [6.45, 7) is 0.686. The van der Waals surface area contributed by atoms with Crippen LogP contribution in [0.3, 0.4) is 0 Å². The highest BCUT2D eigenvalue weighted by atomic mass is 35.5. The Hall–Kier alpha value is -1.68. The van der Waals surface area contributed by atoms with Gasteiger partial charge in [-0.25, -0.2) is 0 Å². The van der Waals surface area contributed by atoms with Gasteiger partial charge in [0.05, 0.1) is 17.8 Å². The highest BCUT2D eigenvalue weighted by Crippen LogP contribution is 2.40. The van der Waals surface area contributed by atoms with E-state index in [0.29, 0.717) is 16.6 Å². The number of aryl methyl sites for hydroxylation is 1. The molecule has 0 unspecified atom stereocenters. The summed E-state index contributed by atoms with van der Waals surface area (Å²) in [5, 5.41) is 2.31. The van der Waals surface area contributed by atoms with Crippen molar-refractivity contribution in [2.75, 3.05) is 13.7 Å². The molecular formula is C19H20Cl2N2O. The molecule has 0 aliphatic heterocycles. The molecule has 3 N–H and O–H groups in total. The number of fused-ring (bicyclic) bond motifs is 1. The topological polar surface area (TPSA) is 51.0 Å². The van der Waals surface area contributed by atoms with Crippen LogP contribution in [0.1, 0.15) is 18.4 Å². The van der Waals surface area contributed by atoms with E-state index in [0.717, 1.165) is 47.2 Å². The number of H-pyrrole nitrogens is 1. The first-order valence-electron chi connectivity index (χ1n) is 7.98. The van der Waals surface area contributed by atoms with E-state index in [2.05, 4.69) is 4.98 Å². The lowest BCUT2D eigenvalue weighted by Crippen LogP contribution is -1.99. The summed E-state index contributed by atoms with van der Waals surface area (Å²) in [5.74, 6) is 0.825. The minimum absolute atomic E-state index is 0.619. The number of aromatic nitrogens is 1. The van der Waals surface area contributed by atoms with Crippen LogP contribution in [-0.2, 0) is 6.42 Å². The van der Waals surface area contributed by atoms with Crippen LogP contribution in [0.5, 0.6) is 5.75 Å². The molecule has 1 heterocycles. The number of nitrogens with two attached hydrogens (primary N) is 1. The van der Waals surface area contributed by atoms with Crippen LogP contribution in [0, 0.1) is 0 Å². The van der Waals surface area contributed by atoms with E-state index in [1.54, 1.807) is 13.2 Å². The molecule has 0 aliphatic carbocycles. The van der Waals surface area contributed by atoms with E-state index < -0.39 is 0 Å². The molecule has 3 nitrogen and oxygen atoms in total. The number of hydrogen-bond acceptors (Lipinski definition) is 2. The maximum absolute atomic E-state index is 6.49. The number of rotatable bonds is 6. The lowest BCUT2D eigenvalue weighted by Gasteiger charge is -2.10. The number of halogens is 2. The lowest BCUT2D eigenvalue weighted by atomic mass is 9.99. The van der Waals surface area contributed by atoms with Crippen LogP contribution in [0.25, 0.3) is 22.2 Å². The van der Waals surface area contributed by atoms with E-state index in [4.69, 9.17) is 33.7 Å². The van der Waals surface area contributed by atoms with Gasteiger partial charge in [0.25, 0.3) is 0 Å². The number of aromatic amines is 1. The summed E-state index contributed by atoms with van der Waals surface area (Å²) in [5.41, 5.74) is 9.83. The van der Waals surface area contributed by atoms with E-state index in [9.17, 15) is 0 Å². The van der Waals surface area contributed by atoms with Gasteiger partial charge in [-0.15, -0.1) is 0 Å². The highest BCUT2D eigenvalue weighted by molar-refractivity contribution is 6.39. The fraction of sp³-hybridized carbons (Fsp3) is 0.263. The van der Waals surface area contributed by atoms with Crippen molar-refractivity contribution in [3.8, 4) is 17.0 Å². The Balaban J connectivity index is 2.22. The largest absolute Gasteiger partial charge is 0.496 e. The SMILES string of the molecule is COc1ccccc1-c1[nH]c2cc(Cl)cc(Cl)c2c1CCCCN. The molecule has 0 bridgehead atoms. The number of benzene rings is 2. The quantitative estimate of drug-likeness (QED) is 0.574. The van der Waals surface area contributed by atoms with Crippen molar-refractivity contribution in [3.63, 3.8) is 0 Å². The van der Waals surface area contributed by atoms with Crippen molar-refractivity contribution >= 4 is 34.1 Å². The maximum atomic E-state index is 6.49. The molecule has 0 saturated carbocycles. The van der Waals surface area contributed by atoms with Gasteiger partial charge < -0.3 is 15.5 Å². The maximum Gasteiger partial charge on any atom is 0.128 e. The number of methoxy groups -OCH3 is 1.